The lowest BCUT2D eigenvalue weighted by atomic mass is 10.1. The summed E-state index contributed by atoms with van der Waals surface area (Å²) >= 11 is 0. The molecule has 10 heteroatoms. The van der Waals surface area contributed by atoms with Crippen LogP contribution >= 0.6 is 0 Å². The number of H-pyrrole nitrogens is 2. The van der Waals surface area contributed by atoms with Crippen molar-refractivity contribution in [3.05, 3.63) is 72.6 Å². The number of aromatic amines is 2. The average molecular weight is 481 g/mol. The van der Waals surface area contributed by atoms with Crippen LogP contribution in [-0.2, 0) is 6.54 Å². The molecule has 1 aromatic carbocycles. The van der Waals surface area contributed by atoms with Crippen LogP contribution in [0.4, 0.5) is 4.39 Å². The molecule has 0 saturated carbocycles. The number of hydrogen-bond acceptors (Lipinski definition) is 7. The summed E-state index contributed by atoms with van der Waals surface area (Å²) in [6.07, 6.45) is 6.88. The molecule has 5 heterocycles. The van der Waals surface area contributed by atoms with Gasteiger partial charge in [-0.15, -0.1) is 0 Å². The third-order valence-corrected chi connectivity index (χ3v) is 5.81. The summed E-state index contributed by atoms with van der Waals surface area (Å²) in [5, 5.41) is 17.3. The van der Waals surface area contributed by atoms with E-state index >= 15 is 0 Å². The Morgan fingerprint density at radius 3 is 2.58 bits per heavy atom. The quantitative estimate of drug-likeness (QED) is 0.332. The highest BCUT2D eigenvalue weighted by Crippen LogP contribution is 2.32. The molecular formula is C26H21FN8O. The van der Waals surface area contributed by atoms with Gasteiger partial charge in [0.25, 0.3) is 0 Å². The smallest absolute Gasteiger partial charge is 0.161 e. The first-order valence-corrected chi connectivity index (χ1v) is 11.2. The fourth-order valence-electron chi connectivity index (χ4n) is 4.29. The van der Waals surface area contributed by atoms with E-state index in [4.69, 9.17) is 9.97 Å². The number of phenols is 1. The van der Waals surface area contributed by atoms with Gasteiger partial charge in [-0.2, -0.15) is 5.10 Å². The Labute approximate surface area is 204 Å². The average Bonchev–Trinajstić information content (AvgIpc) is 3.46. The Morgan fingerprint density at radius 2 is 1.75 bits per heavy atom. The highest BCUT2D eigenvalue weighted by molar-refractivity contribution is 5.95. The number of aromatic hydroxyl groups is 1. The van der Waals surface area contributed by atoms with Crippen molar-refractivity contribution in [2.24, 2.45) is 0 Å². The molecule has 178 valence electrons. The van der Waals surface area contributed by atoms with Gasteiger partial charge >= 0.3 is 0 Å². The van der Waals surface area contributed by atoms with E-state index in [9.17, 15) is 9.50 Å². The third kappa shape index (κ3) is 3.93. The van der Waals surface area contributed by atoms with Crippen LogP contribution in [0.5, 0.6) is 5.75 Å². The number of aromatic nitrogens is 7. The van der Waals surface area contributed by atoms with Crippen molar-refractivity contribution in [2.45, 2.75) is 6.54 Å². The van der Waals surface area contributed by atoms with Gasteiger partial charge in [0.15, 0.2) is 11.5 Å². The molecule has 0 fully saturated rings. The lowest BCUT2D eigenvalue weighted by molar-refractivity contribution is 0.402. The highest BCUT2D eigenvalue weighted by Gasteiger charge is 2.18. The fraction of sp³-hybridized carbons (Fsp3) is 0.115. The maximum absolute atomic E-state index is 13.9. The number of fused-ring (bicyclic) bond motifs is 2. The normalized spacial score (nSPS) is 11.7. The Bertz CT molecular complexity index is 1720. The van der Waals surface area contributed by atoms with Gasteiger partial charge in [-0.1, -0.05) is 0 Å². The summed E-state index contributed by atoms with van der Waals surface area (Å²) in [4.78, 5) is 23.6. The Morgan fingerprint density at radius 1 is 0.889 bits per heavy atom. The topological polar surface area (TPSA) is 120 Å². The molecule has 0 saturated heterocycles. The Kier molecular flexibility index (Phi) is 5.15. The van der Waals surface area contributed by atoms with E-state index in [1.54, 1.807) is 18.6 Å². The second kappa shape index (κ2) is 8.51. The molecule has 0 aliphatic rings. The van der Waals surface area contributed by atoms with E-state index in [1.807, 2.05) is 32.4 Å². The van der Waals surface area contributed by atoms with E-state index in [2.05, 4.69) is 36.1 Å². The number of pyridine rings is 3. The van der Waals surface area contributed by atoms with Gasteiger partial charge in [-0.3, -0.25) is 15.1 Å². The molecule has 0 spiro atoms. The molecule has 6 aromatic rings. The molecule has 6 rings (SSSR count). The van der Waals surface area contributed by atoms with Crippen molar-refractivity contribution in [3.63, 3.8) is 0 Å². The zero-order chi connectivity index (χ0) is 24.8. The van der Waals surface area contributed by atoms with Crippen LogP contribution in [0.1, 0.15) is 5.56 Å². The van der Waals surface area contributed by atoms with Crippen molar-refractivity contribution in [1.29, 1.82) is 0 Å². The summed E-state index contributed by atoms with van der Waals surface area (Å²) in [6.45, 7) is 0.776. The van der Waals surface area contributed by atoms with Crippen LogP contribution in [0.2, 0.25) is 0 Å². The van der Waals surface area contributed by atoms with Crippen molar-refractivity contribution in [3.8, 4) is 39.7 Å². The molecule has 0 aliphatic heterocycles. The minimum Gasteiger partial charge on any atom is -0.508 e. The first-order chi connectivity index (χ1) is 17.4. The van der Waals surface area contributed by atoms with Gasteiger partial charge in [0.05, 0.1) is 28.4 Å². The Hall–Kier alpha value is -4.70. The van der Waals surface area contributed by atoms with Crippen LogP contribution < -0.4 is 0 Å². The van der Waals surface area contributed by atoms with Gasteiger partial charge in [-0.25, -0.2) is 14.4 Å². The number of hydrogen-bond donors (Lipinski definition) is 3. The second-order valence-electron chi connectivity index (χ2n) is 8.85. The molecule has 36 heavy (non-hydrogen) atoms. The molecule has 0 aliphatic carbocycles. The van der Waals surface area contributed by atoms with E-state index in [-0.39, 0.29) is 5.75 Å². The number of rotatable bonds is 5. The van der Waals surface area contributed by atoms with Crippen LogP contribution in [0.15, 0.2) is 61.2 Å². The van der Waals surface area contributed by atoms with E-state index in [0.29, 0.717) is 39.2 Å². The van der Waals surface area contributed by atoms with E-state index in [0.717, 1.165) is 34.9 Å². The van der Waals surface area contributed by atoms with Crippen molar-refractivity contribution < 1.29 is 9.50 Å². The SMILES string of the molecule is CN(C)Cc1cncc(-c2ccc3[nH]nc(-c4nc5c(-c6cc(O)cc(F)c6)cncc5[nH]4)c3n2)c1. The highest BCUT2D eigenvalue weighted by atomic mass is 19.1. The second-order valence-corrected chi connectivity index (χ2v) is 8.85. The molecule has 0 amide bonds. The van der Waals surface area contributed by atoms with Crippen molar-refractivity contribution in [1.82, 2.24) is 40.0 Å². The number of nitrogens with one attached hydrogen (secondary N) is 2. The fourth-order valence-corrected chi connectivity index (χ4v) is 4.29. The molecule has 3 N–H and O–H groups in total. The number of nitrogens with zero attached hydrogens (tertiary/aromatic N) is 6. The minimum atomic E-state index is -0.545. The van der Waals surface area contributed by atoms with Crippen LogP contribution in [0.3, 0.4) is 0 Å². The monoisotopic (exact) mass is 480 g/mol. The summed E-state index contributed by atoms with van der Waals surface area (Å²) in [5.74, 6) is -0.218. The molecule has 9 nitrogen and oxygen atoms in total. The molecule has 5 aromatic heterocycles. The first-order valence-electron chi connectivity index (χ1n) is 11.2. The van der Waals surface area contributed by atoms with Crippen LogP contribution in [0, 0.1) is 5.82 Å². The van der Waals surface area contributed by atoms with Crippen molar-refractivity contribution >= 4 is 22.1 Å². The summed E-state index contributed by atoms with van der Waals surface area (Å²) in [5.41, 5.74) is 7.03. The zero-order valence-electron chi connectivity index (χ0n) is 19.5. The van der Waals surface area contributed by atoms with Gasteiger partial charge in [0, 0.05) is 42.3 Å². The van der Waals surface area contributed by atoms with Gasteiger partial charge in [-0.05, 0) is 55.6 Å². The summed E-state index contributed by atoms with van der Waals surface area (Å²) in [6, 6.07) is 9.80. The van der Waals surface area contributed by atoms with Crippen LogP contribution in [-0.4, -0.2) is 59.2 Å². The zero-order valence-corrected chi connectivity index (χ0v) is 19.5. The minimum absolute atomic E-state index is 0.170. The third-order valence-electron chi connectivity index (χ3n) is 5.81. The van der Waals surface area contributed by atoms with Crippen LogP contribution in [0.25, 0.3) is 56.0 Å². The number of imidazole rings is 1. The number of phenolic OH excluding ortho intramolecular Hbond substituents is 1. The molecule has 0 unspecified atom stereocenters. The predicted octanol–water partition coefficient (Wildman–Crippen LogP) is 4.53. The van der Waals surface area contributed by atoms with Gasteiger partial charge in [0.1, 0.15) is 17.1 Å². The first kappa shape index (κ1) is 21.8. The largest absolute Gasteiger partial charge is 0.508 e. The van der Waals surface area contributed by atoms with E-state index < -0.39 is 5.82 Å². The van der Waals surface area contributed by atoms with Gasteiger partial charge < -0.3 is 15.0 Å². The number of halogens is 1. The van der Waals surface area contributed by atoms with E-state index in [1.165, 1.54) is 12.1 Å². The molecular weight excluding hydrogens is 459 g/mol. The lowest BCUT2D eigenvalue weighted by Gasteiger charge is -2.10. The molecule has 0 atom stereocenters. The predicted molar refractivity (Wildman–Crippen MR) is 134 cm³/mol. The maximum atomic E-state index is 13.9. The Balaban J connectivity index is 1.45. The van der Waals surface area contributed by atoms with Gasteiger partial charge in [0.2, 0.25) is 0 Å². The number of benzene rings is 1. The molecule has 0 bridgehead atoms. The van der Waals surface area contributed by atoms with Crippen molar-refractivity contribution in [2.75, 3.05) is 14.1 Å². The summed E-state index contributed by atoms with van der Waals surface area (Å²) < 4.78 is 13.9. The lowest BCUT2D eigenvalue weighted by Crippen LogP contribution is -2.10. The maximum Gasteiger partial charge on any atom is 0.161 e. The molecule has 0 radical (unpaired) electrons. The standard InChI is InChI=1S/C26H21FN8O/c1-35(2)13-14-5-16(10-28-9-14)20-3-4-21-24(30-20)25(34-33-21)26-31-22-12-29-11-19(23(22)32-26)15-6-17(27)8-18(36)7-15/h3-12,36H,13H2,1-2H3,(H,31,32)(H,33,34). The summed E-state index contributed by atoms with van der Waals surface area (Å²) in [7, 11) is 4.03.